The number of nitrogens with zero attached hydrogens (tertiary/aromatic N) is 3. The molecule has 2 heterocycles. The second-order valence-electron chi connectivity index (χ2n) is 12.7. The maximum absolute atomic E-state index is 13.0. The molecule has 1 aromatic heterocycles. The first kappa shape index (κ1) is 32.4. The van der Waals surface area contributed by atoms with Crippen molar-refractivity contribution in [3.05, 3.63) is 84.1 Å². The third-order valence-corrected chi connectivity index (χ3v) is 8.16. The second-order valence-corrected chi connectivity index (χ2v) is 12.7. The van der Waals surface area contributed by atoms with Gasteiger partial charge in [-0.2, -0.15) is 5.26 Å². The zero-order valence-corrected chi connectivity index (χ0v) is 27.1. The number of aromatic nitrogens is 1. The minimum atomic E-state index is -0.918. The molecule has 5 rings (SSSR count). The lowest BCUT2D eigenvalue weighted by Crippen LogP contribution is -2.49. The Morgan fingerprint density at radius 3 is 2.37 bits per heavy atom. The number of hydrogen-bond donors (Lipinski definition) is 3. The number of carbonyl (C=O) groups excluding carboxylic acids is 2. The lowest BCUT2D eigenvalue weighted by atomic mass is 9.97. The van der Waals surface area contributed by atoms with Gasteiger partial charge in [-0.05, 0) is 81.3 Å². The number of nitrogens with one attached hydrogen (secondary N) is 3. The summed E-state index contributed by atoms with van der Waals surface area (Å²) in [6, 6.07) is 22.3. The van der Waals surface area contributed by atoms with E-state index in [2.05, 4.69) is 62.8 Å². The molecule has 0 spiro atoms. The highest BCUT2D eigenvalue weighted by molar-refractivity contribution is 5.97. The number of hydrogen-bond acceptors (Lipinski definition) is 8. The van der Waals surface area contributed by atoms with Crippen LogP contribution < -0.4 is 15.5 Å². The number of H-pyrrole nitrogens is 1. The van der Waals surface area contributed by atoms with Crippen molar-refractivity contribution < 1.29 is 19.1 Å². The van der Waals surface area contributed by atoms with E-state index in [-0.39, 0.29) is 5.56 Å². The van der Waals surface area contributed by atoms with Gasteiger partial charge in [0.2, 0.25) is 0 Å². The Labute approximate surface area is 270 Å². The minimum absolute atomic E-state index is 0.284. The molecule has 4 aromatic rings. The molecule has 2 unspecified atom stereocenters. The molecule has 1 amide bonds. The zero-order chi connectivity index (χ0) is 32.8. The van der Waals surface area contributed by atoms with Crippen LogP contribution in [0.3, 0.4) is 0 Å². The van der Waals surface area contributed by atoms with E-state index in [0.717, 1.165) is 53.8 Å². The van der Waals surface area contributed by atoms with E-state index < -0.39 is 29.7 Å². The van der Waals surface area contributed by atoms with Crippen LogP contribution in [-0.2, 0) is 15.9 Å². The second kappa shape index (κ2) is 14.0. The number of rotatable bonds is 9. The fourth-order valence-corrected chi connectivity index (χ4v) is 5.70. The average molecular weight is 623 g/mol. The van der Waals surface area contributed by atoms with Crippen molar-refractivity contribution >= 4 is 34.3 Å². The quantitative estimate of drug-likeness (QED) is 0.200. The summed E-state index contributed by atoms with van der Waals surface area (Å²) in [6.45, 7) is 9.36. The number of anilines is 2. The van der Waals surface area contributed by atoms with Gasteiger partial charge in [0.1, 0.15) is 11.6 Å². The third kappa shape index (κ3) is 7.79. The number of aromatic amines is 1. The van der Waals surface area contributed by atoms with E-state index in [1.807, 2.05) is 36.5 Å². The number of alkyl carbamates (subject to hydrolysis) is 1. The molecule has 1 aliphatic rings. The van der Waals surface area contributed by atoms with Gasteiger partial charge < -0.3 is 34.9 Å². The lowest BCUT2D eigenvalue weighted by Gasteiger charge is -2.34. The van der Waals surface area contributed by atoms with Gasteiger partial charge in [0.25, 0.3) is 0 Å². The number of nitriles is 1. The maximum Gasteiger partial charge on any atom is 0.407 e. The predicted molar refractivity (Wildman–Crippen MR) is 181 cm³/mol. The number of carbonyl (C=O) groups is 2. The van der Waals surface area contributed by atoms with E-state index >= 15 is 0 Å². The van der Waals surface area contributed by atoms with Gasteiger partial charge in [0.15, 0.2) is 0 Å². The van der Waals surface area contributed by atoms with Crippen molar-refractivity contribution in [3.8, 4) is 17.2 Å². The van der Waals surface area contributed by atoms with Gasteiger partial charge >= 0.3 is 12.1 Å². The molecule has 1 saturated heterocycles. The molecule has 10 nitrogen and oxygen atoms in total. The molecule has 0 aliphatic carbocycles. The molecule has 1 fully saturated rings. The Kier molecular flexibility index (Phi) is 9.83. The molecule has 0 saturated carbocycles. The Hall–Kier alpha value is -5.01. The molecule has 240 valence electrons. The number of benzene rings is 3. The van der Waals surface area contributed by atoms with Crippen LogP contribution in [0.4, 0.5) is 16.2 Å². The number of para-hydroxylation sites is 1. The van der Waals surface area contributed by atoms with Crippen LogP contribution in [0.25, 0.3) is 22.0 Å². The summed E-state index contributed by atoms with van der Waals surface area (Å²) in [5.74, 6) is -0.539. The smallest absolute Gasteiger partial charge is 0.407 e. The van der Waals surface area contributed by atoms with Crippen LogP contribution in [0, 0.1) is 11.3 Å². The largest absolute Gasteiger partial charge is 0.465 e. The molecule has 3 aromatic carbocycles. The van der Waals surface area contributed by atoms with Crippen LogP contribution >= 0.6 is 0 Å². The van der Waals surface area contributed by atoms with Crippen molar-refractivity contribution in [3.63, 3.8) is 0 Å². The molecule has 46 heavy (non-hydrogen) atoms. The molecule has 3 N–H and O–H groups in total. The Bertz CT molecular complexity index is 1710. The van der Waals surface area contributed by atoms with Gasteiger partial charge in [0, 0.05) is 54.7 Å². The van der Waals surface area contributed by atoms with Gasteiger partial charge in [-0.1, -0.05) is 36.4 Å². The van der Waals surface area contributed by atoms with Crippen molar-refractivity contribution in [2.24, 2.45) is 0 Å². The number of likely N-dealkylation sites (N-methyl/N-ethyl adjacent to an activating group) is 1. The van der Waals surface area contributed by atoms with E-state index in [4.69, 9.17) is 9.47 Å². The SMILES string of the molecule is COC(=O)c1cc(-c2ccc(N3CCN(C)CC3)cc2)ccc1NC(C#N)C(Cc1c[nH]c2ccccc12)NC(=O)OC(C)(C)C. The van der Waals surface area contributed by atoms with Gasteiger partial charge in [-0.25, -0.2) is 9.59 Å². The first-order valence-electron chi connectivity index (χ1n) is 15.5. The number of piperazine rings is 1. The van der Waals surface area contributed by atoms with Crippen molar-refractivity contribution in [2.45, 2.75) is 44.9 Å². The van der Waals surface area contributed by atoms with E-state index in [0.29, 0.717) is 12.1 Å². The number of amides is 1. The summed E-state index contributed by atoms with van der Waals surface area (Å²) >= 11 is 0. The van der Waals surface area contributed by atoms with E-state index in [1.54, 1.807) is 32.9 Å². The Morgan fingerprint density at radius 1 is 1.00 bits per heavy atom. The number of esters is 1. The van der Waals surface area contributed by atoms with Crippen LogP contribution in [0.2, 0.25) is 0 Å². The number of fused-ring (bicyclic) bond motifs is 1. The Morgan fingerprint density at radius 2 is 1.70 bits per heavy atom. The van der Waals surface area contributed by atoms with Gasteiger partial charge in [-0.3, -0.25) is 0 Å². The summed E-state index contributed by atoms with van der Waals surface area (Å²) in [5.41, 5.74) is 4.83. The topological polar surface area (TPSA) is 123 Å². The minimum Gasteiger partial charge on any atom is -0.465 e. The fourth-order valence-electron chi connectivity index (χ4n) is 5.70. The molecule has 1 aliphatic heterocycles. The standard InChI is InChI=1S/C36H42N6O4/c1-36(2,3)46-35(44)40-32(21-26-23-38-30-9-7-6-8-28(26)30)33(22-37)39-31-15-12-25(20-29(31)34(43)45-5)24-10-13-27(14-11-24)42-18-16-41(4)17-19-42/h6-15,20,23,32-33,38-39H,16-19,21H2,1-5H3,(H,40,44). The summed E-state index contributed by atoms with van der Waals surface area (Å²) in [7, 11) is 3.47. The summed E-state index contributed by atoms with van der Waals surface area (Å²) in [6.07, 6.45) is 1.58. The summed E-state index contributed by atoms with van der Waals surface area (Å²) in [4.78, 5) is 33.9. The molecule has 2 atom stereocenters. The van der Waals surface area contributed by atoms with E-state index in [1.165, 1.54) is 12.8 Å². The van der Waals surface area contributed by atoms with E-state index in [9.17, 15) is 14.9 Å². The number of methoxy groups -OCH3 is 1. The van der Waals surface area contributed by atoms with Crippen LogP contribution in [-0.4, -0.2) is 80.0 Å². The maximum atomic E-state index is 13.0. The monoisotopic (exact) mass is 622 g/mol. The molecule has 0 bridgehead atoms. The van der Waals surface area contributed by atoms with Crippen LogP contribution in [0.15, 0.2) is 72.9 Å². The number of ether oxygens (including phenoxy) is 2. The normalized spacial score (nSPS) is 15.1. The van der Waals surface area contributed by atoms with Gasteiger partial charge in [-0.15, -0.1) is 0 Å². The van der Waals surface area contributed by atoms with Crippen molar-refractivity contribution in [1.29, 1.82) is 5.26 Å². The average Bonchev–Trinajstić information content (AvgIpc) is 3.45. The van der Waals surface area contributed by atoms with Crippen LogP contribution in [0.5, 0.6) is 0 Å². The molecule has 10 heteroatoms. The fraction of sp³-hybridized carbons (Fsp3) is 0.361. The molecule has 0 radical (unpaired) electrons. The zero-order valence-electron chi connectivity index (χ0n) is 27.1. The third-order valence-electron chi connectivity index (χ3n) is 8.16. The highest BCUT2D eigenvalue weighted by Crippen LogP contribution is 2.29. The highest BCUT2D eigenvalue weighted by atomic mass is 16.6. The first-order valence-corrected chi connectivity index (χ1v) is 15.5. The highest BCUT2D eigenvalue weighted by Gasteiger charge is 2.29. The van der Waals surface area contributed by atoms with Gasteiger partial charge in [0.05, 0.1) is 24.8 Å². The van der Waals surface area contributed by atoms with Crippen molar-refractivity contribution in [1.82, 2.24) is 15.2 Å². The first-order chi connectivity index (χ1) is 22.0. The summed E-state index contributed by atoms with van der Waals surface area (Å²) < 4.78 is 10.7. The summed E-state index contributed by atoms with van der Waals surface area (Å²) in [5, 5.41) is 17.5. The predicted octanol–water partition coefficient (Wildman–Crippen LogP) is 5.81. The van der Waals surface area contributed by atoms with Crippen molar-refractivity contribution in [2.75, 3.05) is 50.6 Å². The Balaban J connectivity index is 1.41. The van der Waals surface area contributed by atoms with Crippen LogP contribution in [0.1, 0.15) is 36.7 Å². The molecular weight excluding hydrogens is 580 g/mol. The lowest BCUT2D eigenvalue weighted by molar-refractivity contribution is 0.0501. The molecular formula is C36H42N6O4.